The summed E-state index contributed by atoms with van der Waals surface area (Å²) in [5, 5.41) is 3.89. The van der Waals surface area contributed by atoms with Crippen molar-refractivity contribution in [1.82, 2.24) is 5.43 Å². The van der Waals surface area contributed by atoms with Gasteiger partial charge in [-0.25, -0.2) is 13.8 Å². The van der Waals surface area contributed by atoms with Crippen LogP contribution in [0.2, 0.25) is 0 Å². The minimum absolute atomic E-state index is 0.0720. The summed E-state index contributed by atoms with van der Waals surface area (Å²) in [6.07, 6.45) is 1.94. The van der Waals surface area contributed by atoms with E-state index in [0.29, 0.717) is 12.3 Å². The molecule has 1 fully saturated rings. The van der Waals surface area contributed by atoms with Crippen molar-refractivity contribution >= 4 is 22.0 Å². The summed E-state index contributed by atoms with van der Waals surface area (Å²) in [5.41, 5.74) is 4.54. The summed E-state index contributed by atoms with van der Waals surface area (Å²) in [5.74, 6) is -0.315. The highest BCUT2D eigenvalue weighted by Gasteiger charge is 2.32. The Kier molecular flexibility index (Phi) is 4.77. The van der Waals surface area contributed by atoms with Crippen LogP contribution in [-0.4, -0.2) is 32.0 Å². The van der Waals surface area contributed by atoms with Gasteiger partial charge in [-0.3, -0.25) is 4.79 Å². The molecule has 5 nitrogen and oxygen atoms in total. The van der Waals surface area contributed by atoms with Gasteiger partial charge in [0, 0.05) is 0 Å². The third-order valence-electron chi connectivity index (χ3n) is 3.59. The normalized spacial score (nSPS) is 21.0. The van der Waals surface area contributed by atoms with Crippen LogP contribution in [0.25, 0.3) is 0 Å². The summed E-state index contributed by atoms with van der Waals surface area (Å²) in [4.78, 5) is 11.8. The number of carbonyl (C=O) groups is 1. The van der Waals surface area contributed by atoms with Gasteiger partial charge in [0.15, 0.2) is 9.84 Å². The molecule has 1 saturated heterocycles. The fourth-order valence-corrected chi connectivity index (χ4v) is 3.97. The zero-order chi connectivity index (χ0) is 15.5. The maximum absolute atomic E-state index is 11.8. The maximum Gasteiger partial charge on any atom is 0.244 e. The molecule has 1 atom stereocenters. The average Bonchev–Trinajstić information content (AvgIpc) is 2.79. The Morgan fingerprint density at radius 3 is 2.52 bits per heavy atom. The van der Waals surface area contributed by atoms with E-state index in [1.165, 1.54) is 5.56 Å². The van der Waals surface area contributed by atoms with E-state index >= 15 is 0 Å². The van der Waals surface area contributed by atoms with Crippen LogP contribution >= 0.6 is 0 Å². The highest BCUT2D eigenvalue weighted by atomic mass is 32.2. The first-order valence-corrected chi connectivity index (χ1v) is 8.83. The summed E-state index contributed by atoms with van der Waals surface area (Å²) in [7, 11) is -3.04. The minimum Gasteiger partial charge on any atom is -0.273 e. The van der Waals surface area contributed by atoms with Crippen molar-refractivity contribution in [3.05, 3.63) is 35.4 Å². The Morgan fingerprint density at radius 1 is 1.33 bits per heavy atom. The smallest absolute Gasteiger partial charge is 0.244 e. The quantitative estimate of drug-likeness (QED) is 0.679. The second-order valence-corrected chi connectivity index (χ2v) is 7.88. The minimum atomic E-state index is -3.04. The first-order valence-electron chi connectivity index (χ1n) is 7.01. The van der Waals surface area contributed by atoms with Gasteiger partial charge in [-0.05, 0) is 23.5 Å². The molecule has 1 aliphatic rings. The fraction of sp³-hybridized carbons (Fsp3) is 0.467. The summed E-state index contributed by atoms with van der Waals surface area (Å²) in [6, 6.07) is 7.92. The number of nitrogens with one attached hydrogen (secondary N) is 1. The topological polar surface area (TPSA) is 75.6 Å². The largest absolute Gasteiger partial charge is 0.273 e. The summed E-state index contributed by atoms with van der Waals surface area (Å²) < 4.78 is 22.6. The predicted molar refractivity (Wildman–Crippen MR) is 83.0 cm³/mol. The second-order valence-electron chi connectivity index (χ2n) is 5.66. The van der Waals surface area contributed by atoms with Crippen molar-refractivity contribution in [2.24, 2.45) is 11.0 Å². The van der Waals surface area contributed by atoms with E-state index in [4.69, 9.17) is 0 Å². The molecule has 0 spiro atoms. The zero-order valence-corrected chi connectivity index (χ0v) is 13.1. The van der Waals surface area contributed by atoms with E-state index in [0.717, 1.165) is 5.56 Å². The molecular formula is C15H20N2O3S. The van der Waals surface area contributed by atoms with Gasteiger partial charge in [-0.15, -0.1) is 0 Å². The van der Waals surface area contributed by atoms with Crippen molar-refractivity contribution in [2.75, 3.05) is 11.5 Å². The molecule has 1 aromatic rings. The number of hydrazone groups is 1. The van der Waals surface area contributed by atoms with E-state index < -0.39 is 15.8 Å². The number of hydrogen-bond acceptors (Lipinski definition) is 4. The third-order valence-corrected chi connectivity index (χ3v) is 5.36. The van der Waals surface area contributed by atoms with Crippen LogP contribution in [0.5, 0.6) is 0 Å². The number of rotatable bonds is 4. The maximum atomic E-state index is 11.8. The highest BCUT2D eigenvalue weighted by Crippen LogP contribution is 2.18. The van der Waals surface area contributed by atoms with Gasteiger partial charge in [0.1, 0.15) is 0 Å². The molecular weight excluding hydrogens is 288 g/mol. The Labute approximate surface area is 125 Å². The molecule has 1 aromatic carbocycles. The fourth-order valence-electron chi connectivity index (χ4n) is 2.23. The molecule has 6 heteroatoms. The SMILES string of the molecule is CC(C)c1ccc(/C=N\NC(=O)[C@@H]2CCS(=O)(=O)C2)cc1. The molecule has 0 unspecified atom stereocenters. The van der Waals surface area contributed by atoms with Crippen LogP contribution in [0, 0.1) is 5.92 Å². The average molecular weight is 308 g/mol. The summed E-state index contributed by atoms with van der Waals surface area (Å²) >= 11 is 0. The molecule has 0 saturated carbocycles. The molecule has 1 aliphatic heterocycles. The van der Waals surface area contributed by atoms with Gasteiger partial charge in [-0.2, -0.15) is 5.10 Å². The van der Waals surface area contributed by atoms with Crippen LogP contribution < -0.4 is 5.43 Å². The Balaban J connectivity index is 1.89. The molecule has 1 N–H and O–H groups in total. The molecule has 1 amide bonds. The van der Waals surface area contributed by atoms with Gasteiger partial charge in [0.2, 0.25) is 5.91 Å². The van der Waals surface area contributed by atoms with Gasteiger partial charge in [-0.1, -0.05) is 38.1 Å². The lowest BCUT2D eigenvalue weighted by atomic mass is 10.0. The predicted octanol–water partition coefficient (Wildman–Crippen LogP) is 1.69. The molecule has 21 heavy (non-hydrogen) atoms. The second kappa shape index (κ2) is 6.39. The van der Waals surface area contributed by atoms with E-state index in [1.807, 2.05) is 24.3 Å². The molecule has 2 rings (SSSR count). The van der Waals surface area contributed by atoms with Crippen molar-refractivity contribution in [3.63, 3.8) is 0 Å². The van der Waals surface area contributed by atoms with Crippen LogP contribution in [0.1, 0.15) is 37.3 Å². The number of carbonyl (C=O) groups excluding carboxylic acids is 1. The van der Waals surface area contributed by atoms with Crippen LogP contribution in [0.15, 0.2) is 29.4 Å². The van der Waals surface area contributed by atoms with Crippen molar-refractivity contribution in [2.45, 2.75) is 26.2 Å². The van der Waals surface area contributed by atoms with Crippen LogP contribution in [-0.2, 0) is 14.6 Å². The Hall–Kier alpha value is -1.69. The van der Waals surface area contributed by atoms with Crippen molar-refractivity contribution < 1.29 is 13.2 Å². The van der Waals surface area contributed by atoms with Crippen molar-refractivity contribution in [3.8, 4) is 0 Å². The number of hydrogen-bond donors (Lipinski definition) is 1. The standard InChI is InChI=1S/C15H20N2O3S/c1-11(2)13-5-3-12(4-6-13)9-16-17-15(18)14-7-8-21(19,20)10-14/h3-6,9,11,14H,7-8,10H2,1-2H3,(H,17,18)/b16-9-/t14-/m1/s1. The Morgan fingerprint density at radius 2 is 2.00 bits per heavy atom. The number of nitrogens with zero attached hydrogens (tertiary/aromatic N) is 1. The zero-order valence-electron chi connectivity index (χ0n) is 12.2. The third kappa shape index (κ3) is 4.39. The molecule has 0 aromatic heterocycles. The lowest BCUT2D eigenvalue weighted by Crippen LogP contribution is -2.27. The number of sulfone groups is 1. The Bertz CT molecular complexity index is 633. The van der Waals surface area contributed by atoms with Gasteiger partial charge in [0.05, 0.1) is 23.6 Å². The lowest BCUT2D eigenvalue weighted by molar-refractivity contribution is -0.124. The number of amides is 1. The van der Waals surface area contributed by atoms with Gasteiger partial charge < -0.3 is 0 Å². The molecule has 0 aliphatic carbocycles. The van der Waals surface area contributed by atoms with Crippen LogP contribution in [0.4, 0.5) is 0 Å². The molecule has 114 valence electrons. The lowest BCUT2D eigenvalue weighted by Gasteiger charge is -2.05. The molecule has 1 heterocycles. The summed E-state index contributed by atoms with van der Waals surface area (Å²) in [6.45, 7) is 4.25. The van der Waals surface area contributed by atoms with Crippen molar-refractivity contribution in [1.29, 1.82) is 0 Å². The van der Waals surface area contributed by atoms with E-state index in [-0.39, 0.29) is 17.4 Å². The highest BCUT2D eigenvalue weighted by molar-refractivity contribution is 7.91. The van der Waals surface area contributed by atoms with Gasteiger partial charge in [0.25, 0.3) is 0 Å². The van der Waals surface area contributed by atoms with E-state index in [9.17, 15) is 13.2 Å². The molecule has 0 bridgehead atoms. The first-order chi connectivity index (χ1) is 9.87. The van der Waals surface area contributed by atoms with E-state index in [1.54, 1.807) is 6.21 Å². The first kappa shape index (κ1) is 15.7. The number of benzene rings is 1. The molecule has 0 radical (unpaired) electrons. The monoisotopic (exact) mass is 308 g/mol. The van der Waals surface area contributed by atoms with Gasteiger partial charge >= 0.3 is 0 Å². The van der Waals surface area contributed by atoms with Crippen LogP contribution in [0.3, 0.4) is 0 Å². The van der Waals surface area contributed by atoms with E-state index in [2.05, 4.69) is 24.4 Å².